The molecule has 0 fully saturated rings. The molecule has 1 nitrogen and oxygen atoms in total. The fourth-order valence-electron chi connectivity index (χ4n) is 0.392. The Labute approximate surface area is 63.3 Å². The molecule has 0 unspecified atom stereocenters. The first-order valence-electron chi connectivity index (χ1n) is 2.55. The van der Waals surface area contributed by atoms with Crippen molar-refractivity contribution in [3.8, 4) is 0 Å². The first-order valence-corrected chi connectivity index (χ1v) is 2.55. The van der Waals surface area contributed by atoms with Gasteiger partial charge in [0.15, 0.2) is 0 Å². The third kappa shape index (κ3) is 1.55. The summed E-state index contributed by atoms with van der Waals surface area (Å²) < 4.78 is 69.4. The van der Waals surface area contributed by atoms with Crippen LogP contribution in [-0.4, -0.2) is 23.1 Å². The van der Waals surface area contributed by atoms with Gasteiger partial charge in [0, 0.05) is 0 Å². The quantitative estimate of drug-likeness (QED) is 0.500. The molecular weight excluding hydrogens is 190 g/mol. The summed E-state index contributed by atoms with van der Waals surface area (Å²) >= 11 is 0. The van der Waals surface area contributed by atoms with Gasteiger partial charge in [-0.1, -0.05) is 6.58 Å². The maximum Gasteiger partial charge on any atom is 0.429 e. The molecule has 0 rings (SSSR count). The third-order valence-corrected chi connectivity index (χ3v) is 1.16. The molecule has 0 atom stereocenters. The van der Waals surface area contributed by atoms with Crippen molar-refractivity contribution in [2.75, 3.05) is 0 Å². The van der Waals surface area contributed by atoms with E-state index in [1.807, 2.05) is 0 Å². The largest absolute Gasteiger partial charge is 0.429 e. The molecule has 0 radical (unpaired) electrons. The first-order chi connectivity index (χ1) is 5.06. The Hall–Kier alpha value is -0.720. The molecule has 12 heavy (non-hydrogen) atoms. The molecule has 0 saturated heterocycles. The van der Waals surface area contributed by atoms with E-state index < -0.39 is 24.0 Å². The second-order valence-corrected chi connectivity index (χ2v) is 1.97. The van der Waals surface area contributed by atoms with Crippen molar-refractivity contribution < 1.29 is 31.4 Å². The average Bonchev–Trinajstić information content (AvgIpc) is 1.81. The molecule has 0 aromatic rings. The monoisotopic (exact) mass is 194 g/mol. The molecule has 0 heterocycles. The number of aliphatic hydroxyl groups is 1. The van der Waals surface area contributed by atoms with Crippen LogP contribution in [0, 0.1) is 0 Å². The maximum absolute atomic E-state index is 11.6. The number of hydrogen-bond donors (Lipinski definition) is 1. The smallest absolute Gasteiger partial charge is 0.370 e. The van der Waals surface area contributed by atoms with E-state index in [0.717, 1.165) is 0 Å². The van der Waals surface area contributed by atoms with E-state index in [9.17, 15) is 26.3 Å². The standard InChI is InChI=1S/C5H4F6O/c1-2-3(12,4(6,7)8)5(9,10)11/h2,12H,1H2. The Kier molecular flexibility index (Phi) is 2.49. The summed E-state index contributed by atoms with van der Waals surface area (Å²) in [7, 11) is 0. The van der Waals surface area contributed by atoms with Crippen molar-refractivity contribution in [1.29, 1.82) is 0 Å². The van der Waals surface area contributed by atoms with E-state index in [4.69, 9.17) is 5.11 Å². The van der Waals surface area contributed by atoms with Gasteiger partial charge in [-0.15, -0.1) is 0 Å². The van der Waals surface area contributed by atoms with E-state index in [1.165, 1.54) is 0 Å². The molecule has 0 aromatic carbocycles. The zero-order chi connectivity index (χ0) is 10.2. The second-order valence-electron chi connectivity index (χ2n) is 1.97. The van der Waals surface area contributed by atoms with Gasteiger partial charge in [-0.3, -0.25) is 0 Å². The molecule has 0 aliphatic rings. The molecule has 0 amide bonds. The summed E-state index contributed by atoms with van der Waals surface area (Å²) in [6, 6.07) is 0. The summed E-state index contributed by atoms with van der Waals surface area (Å²) in [4.78, 5) is 0. The van der Waals surface area contributed by atoms with E-state index in [0.29, 0.717) is 0 Å². The summed E-state index contributed by atoms with van der Waals surface area (Å²) in [5.74, 6) is 0. The Morgan fingerprint density at radius 1 is 0.917 bits per heavy atom. The highest BCUT2D eigenvalue weighted by atomic mass is 19.4. The van der Waals surface area contributed by atoms with E-state index in [2.05, 4.69) is 6.58 Å². The lowest BCUT2D eigenvalue weighted by atomic mass is 10.0. The van der Waals surface area contributed by atoms with Crippen LogP contribution in [0.3, 0.4) is 0 Å². The average molecular weight is 194 g/mol. The normalized spacial score (nSPS) is 14.6. The van der Waals surface area contributed by atoms with E-state index in [-0.39, 0.29) is 0 Å². The van der Waals surface area contributed by atoms with Crippen LogP contribution in [-0.2, 0) is 0 Å². The summed E-state index contributed by atoms with van der Waals surface area (Å²) in [6.07, 6.45) is -12.2. The number of hydrogen-bond acceptors (Lipinski definition) is 1. The Morgan fingerprint density at radius 2 is 1.17 bits per heavy atom. The first kappa shape index (κ1) is 11.3. The molecule has 0 aliphatic heterocycles. The van der Waals surface area contributed by atoms with Crippen molar-refractivity contribution in [2.24, 2.45) is 0 Å². The summed E-state index contributed by atoms with van der Waals surface area (Å²) in [5.41, 5.74) is -4.82. The molecule has 0 saturated carbocycles. The zero-order valence-electron chi connectivity index (χ0n) is 5.50. The molecular formula is C5H4F6O. The van der Waals surface area contributed by atoms with Gasteiger partial charge >= 0.3 is 12.4 Å². The SMILES string of the molecule is C=CC(O)(C(F)(F)F)C(F)(F)F. The molecule has 0 aliphatic carbocycles. The lowest BCUT2D eigenvalue weighted by molar-refractivity contribution is -0.347. The van der Waals surface area contributed by atoms with Crippen molar-refractivity contribution in [2.45, 2.75) is 18.0 Å². The van der Waals surface area contributed by atoms with Crippen LogP contribution in [0.4, 0.5) is 26.3 Å². The van der Waals surface area contributed by atoms with Crippen LogP contribution in [0.15, 0.2) is 12.7 Å². The van der Waals surface area contributed by atoms with Gasteiger partial charge in [0.1, 0.15) is 0 Å². The Balaban J connectivity index is 5.09. The highest BCUT2D eigenvalue weighted by Crippen LogP contribution is 2.43. The topological polar surface area (TPSA) is 20.2 Å². The fraction of sp³-hybridized carbons (Fsp3) is 0.600. The maximum atomic E-state index is 11.6. The van der Waals surface area contributed by atoms with Crippen molar-refractivity contribution >= 4 is 0 Å². The van der Waals surface area contributed by atoms with E-state index in [1.54, 1.807) is 0 Å². The second kappa shape index (κ2) is 2.65. The van der Waals surface area contributed by atoms with Crippen LogP contribution in [0.1, 0.15) is 0 Å². The van der Waals surface area contributed by atoms with Gasteiger partial charge < -0.3 is 5.11 Å². The van der Waals surface area contributed by atoms with Gasteiger partial charge in [0.05, 0.1) is 0 Å². The lowest BCUT2D eigenvalue weighted by Gasteiger charge is -2.28. The van der Waals surface area contributed by atoms with Crippen LogP contribution in [0.2, 0.25) is 0 Å². The van der Waals surface area contributed by atoms with Crippen LogP contribution < -0.4 is 0 Å². The van der Waals surface area contributed by atoms with Crippen molar-refractivity contribution in [3.05, 3.63) is 12.7 Å². The van der Waals surface area contributed by atoms with Crippen LogP contribution in [0.5, 0.6) is 0 Å². The molecule has 72 valence electrons. The molecule has 1 N–H and O–H groups in total. The minimum atomic E-state index is -5.80. The summed E-state index contributed by atoms with van der Waals surface area (Å²) in [6.45, 7) is 2.28. The van der Waals surface area contributed by atoms with E-state index >= 15 is 0 Å². The van der Waals surface area contributed by atoms with Gasteiger partial charge in [0.25, 0.3) is 5.60 Å². The molecule has 7 heteroatoms. The fourth-order valence-corrected chi connectivity index (χ4v) is 0.392. The molecule has 0 aromatic heterocycles. The number of rotatable bonds is 1. The predicted octanol–water partition coefficient (Wildman–Crippen LogP) is 2.03. The zero-order valence-corrected chi connectivity index (χ0v) is 5.50. The van der Waals surface area contributed by atoms with Gasteiger partial charge in [-0.25, -0.2) is 0 Å². The number of halogens is 6. The van der Waals surface area contributed by atoms with Crippen molar-refractivity contribution in [3.63, 3.8) is 0 Å². The minimum Gasteiger partial charge on any atom is -0.370 e. The van der Waals surface area contributed by atoms with Gasteiger partial charge in [-0.2, -0.15) is 26.3 Å². The van der Waals surface area contributed by atoms with Crippen molar-refractivity contribution in [1.82, 2.24) is 0 Å². The minimum absolute atomic E-state index is 0.590. The van der Waals surface area contributed by atoms with Gasteiger partial charge in [-0.05, 0) is 6.08 Å². The lowest BCUT2D eigenvalue weighted by Crippen LogP contribution is -2.55. The Bertz CT molecular complexity index is 163. The molecule has 0 spiro atoms. The third-order valence-electron chi connectivity index (χ3n) is 1.16. The van der Waals surface area contributed by atoms with Crippen LogP contribution in [0.25, 0.3) is 0 Å². The van der Waals surface area contributed by atoms with Gasteiger partial charge in [0.2, 0.25) is 0 Å². The number of alkyl halides is 6. The van der Waals surface area contributed by atoms with Crippen LogP contribution >= 0.6 is 0 Å². The molecule has 0 bridgehead atoms. The predicted molar refractivity (Wildman–Crippen MR) is 27.3 cm³/mol. The highest BCUT2D eigenvalue weighted by Gasteiger charge is 2.68. The Morgan fingerprint density at radius 3 is 1.17 bits per heavy atom. The highest BCUT2D eigenvalue weighted by molar-refractivity contribution is 5.06. The summed E-state index contributed by atoms with van der Waals surface area (Å²) in [5, 5.41) is 8.12.